The second-order valence-corrected chi connectivity index (χ2v) is 5.32. The van der Waals surface area contributed by atoms with Gasteiger partial charge in [0.15, 0.2) is 5.69 Å². The molecular weight excluding hydrogens is 310 g/mol. The number of imidazole rings is 1. The Balaban J connectivity index is 0.000000301. The Morgan fingerprint density at radius 1 is 1.38 bits per heavy atom. The van der Waals surface area contributed by atoms with E-state index in [-0.39, 0.29) is 12.2 Å². The van der Waals surface area contributed by atoms with Crippen molar-refractivity contribution in [1.82, 2.24) is 19.9 Å². The zero-order chi connectivity index (χ0) is 17.9. The quantitative estimate of drug-likeness (QED) is 0.653. The lowest BCUT2D eigenvalue weighted by atomic mass is 10.1. The number of aromatic nitrogens is 3. The SMILES string of the molecule is CNCC(=O)O.Cc1ccc2nc(C(N)=O)c3ncn(C)c3c2c1. The van der Waals surface area contributed by atoms with E-state index in [2.05, 4.69) is 15.3 Å². The summed E-state index contributed by atoms with van der Waals surface area (Å²) in [5.41, 5.74) is 8.92. The largest absolute Gasteiger partial charge is 0.480 e. The predicted molar refractivity (Wildman–Crippen MR) is 90.8 cm³/mol. The highest BCUT2D eigenvalue weighted by Gasteiger charge is 2.16. The first-order valence-corrected chi connectivity index (χ1v) is 7.22. The van der Waals surface area contributed by atoms with Gasteiger partial charge in [-0.25, -0.2) is 9.97 Å². The monoisotopic (exact) mass is 329 g/mol. The molecule has 8 heteroatoms. The number of hydrogen-bond acceptors (Lipinski definition) is 5. The van der Waals surface area contributed by atoms with E-state index in [4.69, 9.17) is 10.8 Å². The minimum atomic E-state index is -0.822. The molecule has 0 saturated heterocycles. The second-order valence-electron chi connectivity index (χ2n) is 5.32. The van der Waals surface area contributed by atoms with E-state index in [0.29, 0.717) is 5.52 Å². The van der Waals surface area contributed by atoms with E-state index < -0.39 is 11.9 Å². The molecule has 0 atom stereocenters. The lowest BCUT2D eigenvalue weighted by Gasteiger charge is -2.05. The van der Waals surface area contributed by atoms with Gasteiger partial charge in [-0.05, 0) is 26.1 Å². The van der Waals surface area contributed by atoms with Gasteiger partial charge in [-0.15, -0.1) is 0 Å². The van der Waals surface area contributed by atoms with Gasteiger partial charge < -0.3 is 20.7 Å². The molecule has 126 valence electrons. The van der Waals surface area contributed by atoms with Crippen LogP contribution in [-0.2, 0) is 11.8 Å². The molecule has 3 rings (SSSR count). The molecule has 0 saturated carbocycles. The van der Waals surface area contributed by atoms with Crippen LogP contribution in [-0.4, -0.2) is 45.1 Å². The van der Waals surface area contributed by atoms with Crippen LogP contribution < -0.4 is 11.1 Å². The lowest BCUT2D eigenvalue weighted by Crippen LogP contribution is -2.16. The molecule has 1 aromatic carbocycles. The number of carboxylic acid groups (broad SMARTS) is 1. The van der Waals surface area contributed by atoms with Crippen LogP contribution in [0.25, 0.3) is 21.9 Å². The molecule has 0 bridgehead atoms. The number of fused-ring (bicyclic) bond motifs is 3. The van der Waals surface area contributed by atoms with Gasteiger partial charge in [0.05, 0.1) is 23.9 Å². The van der Waals surface area contributed by atoms with Crippen LogP contribution in [0, 0.1) is 6.92 Å². The molecule has 2 aromatic heterocycles. The average molecular weight is 329 g/mol. The van der Waals surface area contributed by atoms with Crippen molar-refractivity contribution in [1.29, 1.82) is 0 Å². The highest BCUT2D eigenvalue weighted by Crippen LogP contribution is 2.25. The third-order valence-electron chi connectivity index (χ3n) is 3.36. The number of amides is 1. The number of hydrogen-bond donors (Lipinski definition) is 3. The number of nitrogens with two attached hydrogens (primary N) is 1. The van der Waals surface area contributed by atoms with Gasteiger partial charge in [0.25, 0.3) is 5.91 Å². The number of nitrogens with zero attached hydrogens (tertiary/aromatic N) is 3. The normalized spacial score (nSPS) is 10.5. The van der Waals surface area contributed by atoms with Crippen LogP contribution in [0.15, 0.2) is 24.5 Å². The Morgan fingerprint density at radius 3 is 2.62 bits per heavy atom. The van der Waals surface area contributed by atoms with Gasteiger partial charge in [-0.2, -0.15) is 0 Å². The summed E-state index contributed by atoms with van der Waals surface area (Å²) in [5, 5.41) is 11.3. The molecule has 0 spiro atoms. The smallest absolute Gasteiger partial charge is 0.317 e. The van der Waals surface area contributed by atoms with Crippen molar-refractivity contribution in [3.05, 3.63) is 35.8 Å². The van der Waals surface area contributed by atoms with Gasteiger partial charge in [-0.3, -0.25) is 9.59 Å². The van der Waals surface area contributed by atoms with Crippen molar-refractivity contribution >= 4 is 33.8 Å². The van der Waals surface area contributed by atoms with E-state index in [1.54, 1.807) is 13.4 Å². The summed E-state index contributed by atoms with van der Waals surface area (Å²) in [7, 11) is 3.48. The van der Waals surface area contributed by atoms with Gasteiger partial charge >= 0.3 is 5.97 Å². The molecule has 2 heterocycles. The number of carbonyl (C=O) groups is 2. The summed E-state index contributed by atoms with van der Waals surface area (Å²) in [6, 6.07) is 5.89. The second kappa shape index (κ2) is 7.05. The number of aryl methyl sites for hydroxylation is 2. The first kappa shape index (κ1) is 17.4. The van der Waals surface area contributed by atoms with Crippen molar-refractivity contribution in [3.63, 3.8) is 0 Å². The maximum atomic E-state index is 11.4. The molecule has 0 aliphatic heterocycles. The summed E-state index contributed by atoms with van der Waals surface area (Å²) in [4.78, 5) is 29.5. The van der Waals surface area contributed by atoms with Crippen LogP contribution in [0.1, 0.15) is 16.1 Å². The number of pyridine rings is 1. The molecule has 1 amide bonds. The van der Waals surface area contributed by atoms with Gasteiger partial charge in [-0.1, -0.05) is 11.6 Å². The predicted octanol–water partition coefficient (Wildman–Crippen LogP) is 0.819. The van der Waals surface area contributed by atoms with E-state index in [1.807, 2.05) is 36.7 Å². The fourth-order valence-corrected chi connectivity index (χ4v) is 2.35. The van der Waals surface area contributed by atoms with Crippen LogP contribution in [0.2, 0.25) is 0 Å². The Morgan fingerprint density at radius 2 is 2.08 bits per heavy atom. The molecule has 0 radical (unpaired) electrons. The van der Waals surface area contributed by atoms with E-state index in [0.717, 1.165) is 22.0 Å². The summed E-state index contributed by atoms with van der Waals surface area (Å²) in [6.45, 7) is 2.06. The Kier molecular flexibility index (Phi) is 5.10. The van der Waals surface area contributed by atoms with Crippen LogP contribution in [0.3, 0.4) is 0 Å². The topological polar surface area (TPSA) is 123 Å². The molecule has 0 aliphatic carbocycles. The average Bonchev–Trinajstić information content (AvgIpc) is 2.89. The van der Waals surface area contributed by atoms with Crippen LogP contribution >= 0.6 is 0 Å². The summed E-state index contributed by atoms with van der Waals surface area (Å²) < 4.78 is 1.88. The molecule has 0 unspecified atom stereocenters. The van der Waals surface area contributed by atoms with E-state index >= 15 is 0 Å². The zero-order valence-corrected chi connectivity index (χ0v) is 13.7. The first-order valence-electron chi connectivity index (χ1n) is 7.22. The van der Waals surface area contributed by atoms with Crippen molar-refractivity contribution in [2.45, 2.75) is 6.92 Å². The molecule has 24 heavy (non-hydrogen) atoms. The number of likely N-dealkylation sites (N-methyl/N-ethyl adjacent to an activating group) is 1. The maximum absolute atomic E-state index is 11.4. The number of primary amides is 1. The number of nitrogens with one attached hydrogen (secondary N) is 1. The fourth-order valence-electron chi connectivity index (χ4n) is 2.35. The first-order chi connectivity index (χ1) is 11.3. The molecule has 8 nitrogen and oxygen atoms in total. The molecule has 0 fully saturated rings. The minimum absolute atomic E-state index is 0.0417. The summed E-state index contributed by atoms with van der Waals surface area (Å²) in [5.74, 6) is -1.38. The third kappa shape index (κ3) is 3.49. The number of rotatable bonds is 3. The van der Waals surface area contributed by atoms with E-state index in [1.165, 1.54) is 0 Å². The van der Waals surface area contributed by atoms with Gasteiger partial charge in [0.2, 0.25) is 0 Å². The third-order valence-corrected chi connectivity index (χ3v) is 3.36. The fraction of sp³-hybridized carbons (Fsp3) is 0.250. The standard InChI is InChI=1S/C13H12N4O.C3H7NO2/c1-7-3-4-9-8(5-7)12-10(15-6-17(12)2)11(16-9)13(14)18;1-4-2-3(5)6/h3-6H,1-2H3,(H2,14,18);4H,2H2,1H3,(H,5,6). The number of benzene rings is 1. The number of aliphatic carboxylic acids is 1. The Bertz CT molecular complexity index is 917. The van der Waals surface area contributed by atoms with Crippen molar-refractivity contribution < 1.29 is 14.7 Å². The van der Waals surface area contributed by atoms with Crippen molar-refractivity contribution in [2.24, 2.45) is 12.8 Å². The molecule has 4 N–H and O–H groups in total. The number of carboxylic acids is 1. The van der Waals surface area contributed by atoms with Crippen molar-refractivity contribution in [2.75, 3.05) is 13.6 Å². The van der Waals surface area contributed by atoms with E-state index in [9.17, 15) is 9.59 Å². The highest BCUT2D eigenvalue weighted by atomic mass is 16.4. The maximum Gasteiger partial charge on any atom is 0.317 e. The highest BCUT2D eigenvalue weighted by molar-refractivity contribution is 6.11. The van der Waals surface area contributed by atoms with Gasteiger partial charge in [0.1, 0.15) is 5.52 Å². The number of carbonyl (C=O) groups excluding carboxylic acids is 1. The molecular formula is C16H19N5O3. The minimum Gasteiger partial charge on any atom is -0.480 e. The summed E-state index contributed by atoms with van der Waals surface area (Å²) in [6.07, 6.45) is 1.67. The van der Waals surface area contributed by atoms with Crippen LogP contribution in [0.5, 0.6) is 0 Å². The Labute approximate surface area is 138 Å². The lowest BCUT2D eigenvalue weighted by molar-refractivity contribution is -0.135. The van der Waals surface area contributed by atoms with Crippen LogP contribution in [0.4, 0.5) is 0 Å². The zero-order valence-electron chi connectivity index (χ0n) is 13.7. The van der Waals surface area contributed by atoms with Gasteiger partial charge in [0, 0.05) is 12.4 Å². The van der Waals surface area contributed by atoms with Crippen molar-refractivity contribution in [3.8, 4) is 0 Å². The molecule has 0 aliphatic rings. The molecule has 3 aromatic rings. The Hall–Kier alpha value is -3.00. The summed E-state index contributed by atoms with van der Waals surface area (Å²) >= 11 is 0.